The molecule has 0 aliphatic heterocycles. The van der Waals surface area contributed by atoms with E-state index in [1.807, 2.05) is 0 Å². The van der Waals surface area contributed by atoms with Gasteiger partial charge in [-0.25, -0.2) is 4.79 Å². The lowest BCUT2D eigenvalue weighted by Gasteiger charge is -2.46. The van der Waals surface area contributed by atoms with Gasteiger partial charge in [0.25, 0.3) is 0 Å². The van der Waals surface area contributed by atoms with Gasteiger partial charge in [-0.1, -0.05) is 0 Å². The second-order valence-corrected chi connectivity index (χ2v) is 3.39. The van der Waals surface area contributed by atoms with Gasteiger partial charge in [0.05, 0.1) is 0 Å². The van der Waals surface area contributed by atoms with E-state index >= 15 is 0 Å². The molecule has 0 heterocycles. The van der Waals surface area contributed by atoms with Crippen molar-refractivity contribution in [2.75, 3.05) is 0 Å². The highest BCUT2D eigenvalue weighted by Gasteiger charge is 2.37. The predicted molar refractivity (Wildman–Crippen MR) is 46.7 cm³/mol. The topological polar surface area (TPSA) is 37.3 Å². The highest BCUT2D eigenvalue weighted by molar-refractivity contribution is 6.31. The molecule has 0 amide bonds. The van der Waals surface area contributed by atoms with Crippen LogP contribution in [0.1, 0.15) is 25.7 Å². The first-order valence-corrected chi connectivity index (χ1v) is 4.46. The van der Waals surface area contributed by atoms with Crippen molar-refractivity contribution in [1.29, 1.82) is 0 Å². The Labute approximate surface area is 76.9 Å². The molecule has 0 radical (unpaired) electrons. The lowest BCUT2D eigenvalue weighted by atomic mass is 9.60. The number of rotatable bonds is 0. The summed E-state index contributed by atoms with van der Waals surface area (Å²) in [7, 11) is 0. The van der Waals surface area contributed by atoms with Crippen LogP contribution in [0.15, 0.2) is 0 Å². The maximum absolute atomic E-state index is 9.34. The molecule has 2 aliphatic rings. The summed E-state index contributed by atoms with van der Waals surface area (Å²) < 4.78 is 0. The maximum Gasteiger partial charge on any atom is 0.383 e. The van der Waals surface area contributed by atoms with Crippen LogP contribution in [0.5, 0.6) is 0 Å². The van der Waals surface area contributed by atoms with Crippen LogP contribution in [0.2, 0.25) is 0 Å². The summed E-state index contributed by atoms with van der Waals surface area (Å²) in [6.45, 7) is 0. The van der Waals surface area contributed by atoms with Crippen molar-refractivity contribution in [2.24, 2.45) is 11.8 Å². The number of halogens is 1. The van der Waals surface area contributed by atoms with E-state index in [-0.39, 0.29) is 0 Å². The molecule has 0 unspecified atom stereocenters. The number of carboxylic acid groups (broad SMARTS) is 1. The van der Waals surface area contributed by atoms with E-state index in [4.69, 9.17) is 5.11 Å². The summed E-state index contributed by atoms with van der Waals surface area (Å²) in [5.41, 5.74) is 0. The Hall–Kier alpha value is -0.680. The number of carbonyl (C=O) groups is 1. The van der Waals surface area contributed by atoms with Crippen LogP contribution in [-0.4, -0.2) is 11.1 Å². The molecular formula is C9H11ClO2. The molecule has 0 aromatic carbocycles. The molecule has 66 valence electrons. The molecule has 0 aromatic heterocycles. The Morgan fingerprint density at radius 2 is 1.67 bits per heavy atom. The van der Waals surface area contributed by atoms with E-state index in [1.54, 1.807) is 37.0 Å². The van der Waals surface area contributed by atoms with Crippen molar-refractivity contribution in [1.82, 2.24) is 0 Å². The van der Waals surface area contributed by atoms with E-state index in [9.17, 15) is 4.79 Å². The monoisotopic (exact) mass is 186 g/mol. The summed E-state index contributed by atoms with van der Waals surface area (Å²) in [6, 6.07) is 0. The molecule has 1 N–H and O–H groups in total. The van der Waals surface area contributed by atoms with Crippen LogP contribution in [0.3, 0.4) is 0 Å². The highest BCUT2D eigenvalue weighted by atomic mass is 35.5. The summed E-state index contributed by atoms with van der Waals surface area (Å²) >= 11 is 4.65. The van der Waals surface area contributed by atoms with Gasteiger partial charge in [-0.3, -0.25) is 0 Å². The van der Waals surface area contributed by atoms with Gasteiger partial charge in [0.1, 0.15) is 0 Å². The summed E-state index contributed by atoms with van der Waals surface area (Å²) in [5, 5.41) is 9.35. The minimum Gasteiger partial charge on any atom is -0.472 e. The lowest BCUT2D eigenvalue weighted by molar-refractivity contribution is -0.130. The van der Waals surface area contributed by atoms with Crippen molar-refractivity contribution in [3.05, 3.63) is 0 Å². The third kappa shape index (κ3) is 2.42. The molecular weight excluding hydrogens is 176 g/mol. The minimum atomic E-state index is -1.20. The molecule has 0 spiro atoms. The molecule has 0 bridgehead atoms. The van der Waals surface area contributed by atoms with E-state index in [0.29, 0.717) is 0 Å². The number of aliphatic carboxylic acids is 1. The first-order valence-electron chi connectivity index (χ1n) is 4.08. The predicted octanol–water partition coefficient (Wildman–Crippen LogP) is 2.08. The normalized spacial score (nSPS) is 28.8. The minimum absolute atomic E-state index is 1.20. The van der Waals surface area contributed by atoms with Crippen molar-refractivity contribution in [3.63, 3.8) is 0 Å². The Bertz CT molecular complexity index is 208. The van der Waals surface area contributed by atoms with E-state index in [2.05, 4.69) is 11.6 Å². The van der Waals surface area contributed by atoms with Crippen molar-refractivity contribution >= 4 is 17.6 Å². The molecule has 0 aromatic rings. The Morgan fingerprint density at radius 3 is 1.67 bits per heavy atom. The van der Waals surface area contributed by atoms with Crippen LogP contribution in [-0.2, 0) is 4.79 Å². The quantitative estimate of drug-likeness (QED) is 0.589. The van der Waals surface area contributed by atoms with Gasteiger partial charge < -0.3 is 5.11 Å². The van der Waals surface area contributed by atoms with Gasteiger partial charge in [-0.05, 0) is 49.1 Å². The third-order valence-corrected chi connectivity index (χ3v) is 2.73. The van der Waals surface area contributed by atoms with Gasteiger partial charge in [-0.2, -0.15) is 0 Å². The fraction of sp³-hybridized carbons (Fsp3) is 0.667. The summed E-state index contributed by atoms with van der Waals surface area (Å²) in [5.74, 6) is 2.86. The lowest BCUT2D eigenvalue weighted by Crippen LogP contribution is -2.34. The Morgan fingerprint density at radius 1 is 1.25 bits per heavy atom. The molecule has 3 heteroatoms. The average Bonchev–Trinajstić information content (AvgIpc) is 1.98. The fourth-order valence-electron chi connectivity index (χ4n) is 1.61. The third-order valence-electron chi connectivity index (χ3n) is 2.64. The fourth-order valence-corrected chi connectivity index (χ4v) is 1.69. The van der Waals surface area contributed by atoms with Crippen molar-refractivity contribution in [3.8, 4) is 11.3 Å². The highest BCUT2D eigenvalue weighted by Crippen LogP contribution is 2.49. The Balaban J connectivity index is 0.000000120. The van der Waals surface area contributed by atoms with Gasteiger partial charge >= 0.3 is 5.97 Å². The second-order valence-electron chi connectivity index (χ2n) is 3.20. The largest absolute Gasteiger partial charge is 0.472 e. The smallest absolute Gasteiger partial charge is 0.383 e. The van der Waals surface area contributed by atoms with Crippen LogP contribution in [0, 0.1) is 23.1 Å². The molecule has 2 aliphatic carbocycles. The molecule has 2 fully saturated rings. The van der Waals surface area contributed by atoms with E-state index < -0.39 is 5.97 Å². The standard InChI is InChI=1S/C6H10.C3HClO2/c1-2-6-4-3-5(1)6;4-2-1-3(5)6/h5-6H,1-4H2;(H,5,6). The van der Waals surface area contributed by atoms with E-state index in [0.717, 1.165) is 0 Å². The van der Waals surface area contributed by atoms with E-state index in [1.165, 1.54) is 11.8 Å². The molecule has 2 saturated carbocycles. The molecule has 0 saturated heterocycles. The molecule has 12 heavy (non-hydrogen) atoms. The number of carboxylic acids is 1. The van der Waals surface area contributed by atoms with Crippen LogP contribution >= 0.6 is 11.6 Å². The summed E-state index contributed by atoms with van der Waals surface area (Å²) in [4.78, 5) is 9.34. The maximum atomic E-state index is 9.34. The molecule has 2 rings (SSSR count). The first-order chi connectivity index (χ1) is 5.74. The summed E-state index contributed by atoms with van der Waals surface area (Å²) in [6.07, 6.45) is 6.24. The van der Waals surface area contributed by atoms with Gasteiger partial charge in [0.15, 0.2) is 0 Å². The zero-order chi connectivity index (χ0) is 8.97. The number of hydrogen-bond acceptors (Lipinski definition) is 1. The van der Waals surface area contributed by atoms with Gasteiger partial charge in [0.2, 0.25) is 0 Å². The van der Waals surface area contributed by atoms with Crippen LogP contribution in [0.4, 0.5) is 0 Å². The number of fused-ring (bicyclic) bond motifs is 1. The van der Waals surface area contributed by atoms with Crippen LogP contribution < -0.4 is 0 Å². The second kappa shape index (κ2) is 4.37. The first kappa shape index (κ1) is 9.41. The molecule has 2 nitrogen and oxygen atoms in total. The zero-order valence-corrected chi connectivity index (χ0v) is 7.47. The Kier molecular flexibility index (Phi) is 3.43. The van der Waals surface area contributed by atoms with Gasteiger partial charge in [-0.15, -0.1) is 0 Å². The molecule has 0 atom stereocenters. The van der Waals surface area contributed by atoms with Crippen molar-refractivity contribution < 1.29 is 9.90 Å². The van der Waals surface area contributed by atoms with Crippen molar-refractivity contribution in [2.45, 2.75) is 25.7 Å². The zero-order valence-electron chi connectivity index (χ0n) is 6.72. The number of hydrogen-bond donors (Lipinski definition) is 1. The average molecular weight is 187 g/mol. The SMILES string of the molecule is C1CC2CCC12.O=C(O)C#CCl. The van der Waals surface area contributed by atoms with Gasteiger partial charge in [0, 0.05) is 11.3 Å². The van der Waals surface area contributed by atoms with Crippen LogP contribution in [0.25, 0.3) is 0 Å².